The van der Waals surface area contributed by atoms with Crippen molar-refractivity contribution in [2.75, 3.05) is 13.2 Å². The summed E-state index contributed by atoms with van der Waals surface area (Å²) in [6.07, 6.45) is 2.42. The standard InChI is InChI=1S/C19H28N2O4/c1-19(2,3)15-10-8-14(9-11-15)16(22)13-25-17(23)7-5-4-6-12-21-18(20)24/h8-11H,4-7,12-13H2,1-3H3,(H3,20,21,24). The van der Waals surface area contributed by atoms with E-state index in [9.17, 15) is 14.4 Å². The van der Waals surface area contributed by atoms with Gasteiger partial charge < -0.3 is 15.8 Å². The van der Waals surface area contributed by atoms with Crippen molar-refractivity contribution in [1.29, 1.82) is 0 Å². The molecule has 0 aliphatic carbocycles. The molecule has 0 spiro atoms. The molecule has 3 N–H and O–H groups in total. The highest BCUT2D eigenvalue weighted by molar-refractivity contribution is 5.97. The molecule has 0 saturated carbocycles. The first-order valence-corrected chi connectivity index (χ1v) is 8.53. The van der Waals surface area contributed by atoms with Crippen LogP contribution in [0, 0.1) is 0 Å². The predicted molar refractivity (Wildman–Crippen MR) is 96.5 cm³/mol. The lowest BCUT2D eigenvalue weighted by Crippen LogP contribution is -2.29. The maximum absolute atomic E-state index is 12.1. The number of esters is 1. The molecule has 0 aromatic heterocycles. The van der Waals surface area contributed by atoms with Crippen LogP contribution < -0.4 is 11.1 Å². The highest BCUT2D eigenvalue weighted by atomic mass is 16.5. The molecule has 25 heavy (non-hydrogen) atoms. The summed E-state index contributed by atoms with van der Waals surface area (Å²) in [4.78, 5) is 34.2. The topological polar surface area (TPSA) is 98.5 Å². The summed E-state index contributed by atoms with van der Waals surface area (Å²) in [5, 5.41) is 2.48. The lowest BCUT2D eigenvalue weighted by atomic mass is 9.86. The molecule has 0 bridgehead atoms. The molecule has 0 radical (unpaired) electrons. The third-order valence-electron chi connectivity index (χ3n) is 3.79. The number of urea groups is 1. The van der Waals surface area contributed by atoms with Crippen molar-refractivity contribution in [3.05, 3.63) is 35.4 Å². The number of Topliss-reactive ketones (excluding diaryl/α,β-unsaturated/α-hetero) is 1. The molecule has 1 aromatic rings. The van der Waals surface area contributed by atoms with E-state index >= 15 is 0 Å². The van der Waals surface area contributed by atoms with Crippen molar-refractivity contribution in [1.82, 2.24) is 5.32 Å². The number of carbonyl (C=O) groups excluding carboxylic acids is 3. The minimum absolute atomic E-state index is 0.0288. The van der Waals surface area contributed by atoms with Crippen molar-refractivity contribution in [3.63, 3.8) is 0 Å². The Morgan fingerprint density at radius 2 is 1.68 bits per heavy atom. The van der Waals surface area contributed by atoms with Gasteiger partial charge in [-0.3, -0.25) is 9.59 Å². The van der Waals surface area contributed by atoms with Gasteiger partial charge >= 0.3 is 12.0 Å². The Labute approximate surface area is 149 Å². The zero-order chi connectivity index (χ0) is 18.9. The minimum Gasteiger partial charge on any atom is -0.457 e. The summed E-state index contributed by atoms with van der Waals surface area (Å²) < 4.78 is 5.02. The van der Waals surface area contributed by atoms with E-state index in [1.165, 1.54) is 0 Å². The minimum atomic E-state index is -0.548. The molecule has 1 aromatic carbocycles. The molecule has 2 amide bonds. The Bertz CT molecular complexity index is 588. The number of primary amides is 1. The number of ketones is 1. The van der Waals surface area contributed by atoms with E-state index in [0.717, 1.165) is 18.4 Å². The van der Waals surface area contributed by atoms with Crippen molar-refractivity contribution < 1.29 is 19.1 Å². The van der Waals surface area contributed by atoms with Gasteiger partial charge in [0.2, 0.25) is 0 Å². The highest BCUT2D eigenvalue weighted by Gasteiger charge is 2.15. The molecule has 1 rings (SSSR count). The van der Waals surface area contributed by atoms with Gasteiger partial charge in [0, 0.05) is 18.5 Å². The Hall–Kier alpha value is -2.37. The fourth-order valence-electron chi connectivity index (χ4n) is 2.24. The Balaban J connectivity index is 2.27. The summed E-state index contributed by atoms with van der Waals surface area (Å²) >= 11 is 0. The molecule has 6 heteroatoms. The van der Waals surface area contributed by atoms with Crippen LogP contribution in [0.4, 0.5) is 4.79 Å². The first kappa shape index (κ1) is 20.7. The number of hydrogen-bond acceptors (Lipinski definition) is 4. The molecule has 0 aliphatic rings. The van der Waals surface area contributed by atoms with Crippen LogP contribution in [0.5, 0.6) is 0 Å². The fourth-order valence-corrected chi connectivity index (χ4v) is 2.24. The highest BCUT2D eigenvalue weighted by Crippen LogP contribution is 2.22. The van der Waals surface area contributed by atoms with Crippen LogP contribution in [0.25, 0.3) is 0 Å². The number of nitrogens with one attached hydrogen (secondary N) is 1. The summed E-state index contributed by atoms with van der Waals surface area (Å²) in [5.41, 5.74) is 6.66. The summed E-state index contributed by atoms with van der Waals surface area (Å²) in [6, 6.07) is 6.84. The van der Waals surface area contributed by atoms with Gasteiger partial charge in [-0.05, 0) is 23.8 Å². The van der Waals surface area contributed by atoms with Crippen LogP contribution in [0.15, 0.2) is 24.3 Å². The van der Waals surface area contributed by atoms with Gasteiger partial charge in [-0.25, -0.2) is 4.79 Å². The van der Waals surface area contributed by atoms with E-state index in [2.05, 4.69) is 26.1 Å². The van der Waals surface area contributed by atoms with Gasteiger partial charge in [-0.1, -0.05) is 51.5 Å². The lowest BCUT2D eigenvalue weighted by Gasteiger charge is -2.18. The number of benzene rings is 1. The molecule has 138 valence electrons. The predicted octanol–water partition coefficient (Wildman–Crippen LogP) is 2.94. The van der Waals surface area contributed by atoms with Crippen LogP contribution in [0.3, 0.4) is 0 Å². The number of carbonyl (C=O) groups is 3. The van der Waals surface area contributed by atoms with Gasteiger partial charge in [-0.15, -0.1) is 0 Å². The molecule has 0 saturated heterocycles. The molecular formula is C19H28N2O4. The smallest absolute Gasteiger partial charge is 0.312 e. The first-order valence-electron chi connectivity index (χ1n) is 8.53. The normalized spacial score (nSPS) is 11.0. The largest absolute Gasteiger partial charge is 0.457 e. The molecule has 0 aliphatic heterocycles. The molecule has 0 atom stereocenters. The molecule has 6 nitrogen and oxygen atoms in total. The summed E-state index contributed by atoms with van der Waals surface area (Å²) in [5.74, 6) is -0.595. The quantitative estimate of drug-likeness (QED) is 0.407. The summed E-state index contributed by atoms with van der Waals surface area (Å²) in [7, 11) is 0. The van der Waals surface area contributed by atoms with Crippen LogP contribution in [0.2, 0.25) is 0 Å². The van der Waals surface area contributed by atoms with Gasteiger partial charge in [0.05, 0.1) is 0 Å². The van der Waals surface area contributed by atoms with E-state index in [-0.39, 0.29) is 30.2 Å². The number of hydrogen-bond donors (Lipinski definition) is 2. The van der Waals surface area contributed by atoms with E-state index in [4.69, 9.17) is 10.5 Å². The zero-order valence-corrected chi connectivity index (χ0v) is 15.3. The monoisotopic (exact) mass is 348 g/mol. The lowest BCUT2D eigenvalue weighted by molar-refractivity contribution is -0.142. The third kappa shape index (κ3) is 8.33. The van der Waals surface area contributed by atoms with Crippen molar-refractivity contribution in [3.8, 4) is 0 Å². The zero-order valence-electron chi connectivity index (χ0n) is 15.3. The molecule has 0 unspecified atom stereocenters. The van der Waals surface area contributed by atoms with Gasteiger partial charge in [0.25, 0.3) is 0 Å². The fraction of sp³-hybridized carbons (Fsp3) is 0.526. The van der Waals surface area contributed by atoms with Crippen molar-refractivity contribution >= 4 is 17.8 Å². The number of unbranched alkanes of at least 4 members (excludes halogenated alkanes) is 2. The van der Waals surface area contributed by atoms with E-state index in [0.29, 0.717) is 18.5 Å². The van der Waals surface area contributed by atoms with Crippen molar-refractivity contribution in [2.45, 2.75) is 51.9 Å². The average Bonchev–Trinajstić information content (AvgIpc) is 2.54. The number of ether oxygens (including phenoxy) is 1. The van der Waals surface area contributed by atoms with E-state index in [1.807, 2.05) is 12.1 Å². The maximum Gasteiger partial charge on any atom is 0.312 e. The SMILES string of the molecule is CC(C)(C)c1ccc(C(=O)COC(=O)CCCCCNC(N)=O)cc1. The number of nitrogens with two attached hydrogens (primary N) is 1. The third-order valence-corrected chi connectivity index (χ3v) is 3.79. The Kier molecular flexibility index (Phi) is 8.11. The molecule has 0 fully saturated rings. The van der Waals surface area contributed by atoms with Crippen LogP contribution in [-0.2, 0) is 14.9 Å². The van der Waals surface area contributed by atoms with Crippen LogP contribution in [-0.4, -0.2) is 30.9 Å². The van der Waals surface area contributed by atoms with Gasteiger partial charge in [0.1, 0.15) is 0 Å². The Morgan fingerprint density at radius 1 is 1.04 bits per heavy atom. The van der Waals surface area contributed by atoms with Gasteiger partial charge in [-0.2, -0.15) is 0 Å². The number of amides is 2. The maximum atomic E-state index is 12.1. The van der Waals surface area contributed by atoms with Crippen LogP contribution in [0.1, 0.15) is 62.4 Å². The first-order chi connectivity index (χ1) is 11.7. The van der Waals surface area contributed by atoms with E-state index < -0.39 is 6.03 Å². The average molecular weight is 348 g/mol. The van der Waals surface area contributed by atoms with E-state index in [1.54, 1.807) is 12.1 Å². The second kappa shape index (κ2) is 9.81. The van der Waals surface area contributed by atoms with Gasteiger partial charge in [0.15, 0.2) is 12.4 Å². The molecule has 0 heterocycles. The number of rotatable bonds is 9. The van der Waals surface area contributed by atoms with Crippen LogP contribution >= 0.6 is 0 Å². The van der Waals surface area contributed by atoms with Crippen molar-refractivity contribution in [2.24, 2.45) is 5.73 Å². The molecular weight excluding hydrogens is 320 g/mol. The second-order valence-electron chi connectivity index (χ2n) is 7.01. The Morgan fingerprint density at radius 3 is 2.24 bits per heavy atom. The second-order valence-corrected chi connectivity index (χ2v) is 7.01. The summed E-state index contributed by atoms with van der Waals surface area (Å²) in [6.45, 7) is 6.57.